The van der Waals surface area contributed by atoms with Gasteiger partial charge in [0.25, 0.3) is 0 Å². The first-order valence-electron chi connectivity index (χ1n) is 25.6. The van der Waals surface area contributed by atoms with Gasteiger partial charge in [-0.1, -0.05) is 236 Å². The minimum Gasteiger partial charge on any atom is -0.371 e. The van der Waals surface area contributed by atoms with Gasteiger partial charge in [-0.25, -0.2) is 0 Å². The van der Waals surface area contributed by atoms with Gasteiger partial charge < -0.3 is 43.6 Å². The Kier molecular flexibility index (Phi) is 22.5. The van der Waals surface area contributed by atoms with E-state index in [4.69, 9.17) is 43.6 Å². The number of nitrogens with two attached hydrogens (primary N) is 1. The summed E-state index contributed by atoms with van der Waals surface area (Å²) in [5.41, 5.74) is 12.5. The van der Waals surface area contributed by atoms with Gasteiger partial charge in [0.05, 0.1) is 51.8 Å². The van der Waals surface area contributed by atoms with Crippen LogP contribution in [-0.4, -0.2) is 62.2 Å². The zero-order valence-corrected chi connectivity index (χ0v) is 40.4. The second kappa shape index (κ2) is 29.7. The number of hydrogen-bond donors (Lipinski definition) is 1. The summed E-state index contributed by atoms with van der Waals surface area (Å²) >= 11 is 0. The third-order valence-electron chi connectivity index (χ3n) is 13.1. The maximum atomic E-state index is 7.29. The Morgan fingerprint density at radius 2 is 0.956 bits per heavy atom. The average Bonchev–Trinajstić information content (AvgIpc) is 3.39. The number of ether oxygens (including phenoxy) is 8. The van der Waals surface area contributed by atoms with Crippen LogP contribution in [0.4, 0.5) is 0 Å². The Balaban J connectivity index is 1.08. The summed E-state index contributed by atoms with van der Waals surface area (Å²) in [6, 6.07) is 50.3. The number of fused-ring (bicyclic) bond motifs is 1. The molecule has 0 aromatic heterocycles. The monoisotopic (exact) mass is 928 g/mol. The predicted molar refractivity (Wildman–Crippen MR) is 268 cm³/mol. The zero-order chi connectivity index (χ0) is 46.9. The van der Waals surface area contributed by atoms with Crippen LogP contribution in [0.15, 0.2) is 152 Å². The lowest BCUT2D eigenvalue weighted by atomic mass is 9.96. The summed E-state index contributed by atoms with van der Waals surface area (Å²) in [6.45, 7) is 4.20. The Morgan fingerprint density at radius 3 is 1.49 bits per heavy atom. The van der Waals surface area contributed by atoms with Crippen LogP contribution in [0.3, 0.4) is 0 Å². The van der Waals surface area contributed by atoms with E-state index in [2.05, 4.69) is 55.5 Å². The van der Waals surface area contributed by atoms with Crippen molar-refractivity contribution in [1.82, 2.24) is 0 Å². The number of rotatable bonds is 31. The average molecular weight is 928 g/mol. The molecule has 7 rings (SSSR count). The molecule has 9 heteroatoms. The van der Waals surface area contributed by atoms with Crippen molar-refractivity contribution >= 4 is 0 Å². The second-order valence-electron chi connectivity index (χ2n) is 18.5. The van der Waals surface area contributed by atoms with Crippen LogP contribution in [0, 0.1) is 0 Å². The molecule has 2 fully saturated rings. The summed E-state index contributed by atoms with van der Waals surface area (Å²) in [4.78, 5) is 0. The fourth-order valence-electron chi connectivity index (χ4n) is 9.24. The van der Waals surface area contributed by atoms with E-state index in [0.717, 1.165) is 47.1 Å². The van der Waals surface area contributed by atoms with Crippen molar-refractivity contribution < 1.29 is 37.9 Å². The molecule has 68 heavy (non-hydrogen) atoms. The molecule has 366 valence electrons. The van der Waals surface area contributed by atoms with Crippen molar-refractivity contribution in [3.63, 3.8) is 0 Å². The first-order chi connectivity index (χ1) is 33.6. The first-order valence-corrected chi connectivity index (χ1v) is 25.6. The van der Waals surface area contributed by atoms with Crippen molar-refractivity contribution in [2.45, 2.75) is 172 Å². The SMILES string of the molecule is CCCCCCCCCCCCCC[C@@H](OCc1ccccc1)[C@@H](OCc1ccccc1)[C@@H](N)CO[C@H]1O[C@@H]2COC(c3ccccc3)O[C@@H]2[C@H](OCc2ccccc2)[C@H]1OCc1ccccc1. The topological polar surface area (TPSA) is 99.9 Å². The molecule has 5 aromatic carbocycles. The summed E-state index contributed by atoms with van der Waals surface area (Å²) in [6.07, 6.45) is 11.7. The molecule has 1 unspecified atom stereocenters. The van der Waals surface area contributed by atoms with E-state index in [1.165, 1.54) is 64.2 Å². The summed E-state index contributed by atoms with van der Waals surface area (Å²) in [5.74, 6) is 0. The molecule has 2 aliphatic heterocycles. The lowest BCUT2D eigenvalue weighted by molar-refractivity contribution is -0.373. The fourth-order valence-corrected chi connectivity index (χ4v) is 9.24. The van der Waals surface area contributed by atoms with Crippen LogP contribution in [0.5, 0.6) is 0 Å². The van der Waals surface area contributed by atoms with Crippen molar-refractivity contribution in [2.24, 2.45) is 5.73 Å². The third-order valence-corrected chi connectivity index (χ3v) is 13.1. The minimum absolute atomic E-state index is 0.121. The van der Waals surface area contributed by atoms with E-state index in [1.807, 2.05) is 103 Å². The molecule has 0 saturated carbocycles. The lowest BCUT2D eigenvalue weighted by Gasteiger charge is -2.49. The van der Waals surface area contributed by atoms with Crippen LogP contribution < -0.4 is 5.73 Å². The Labute approximate surface area is 406 Å². The molecule has 5 aromatic rings. The molecule has 0 aliphatic carbocycles. The van der Waals surface area contributed by atoms with Gasteiger partial charge in [-0.2, -0.15) is 0 Å². The number of unbranched alkanes of at least 4 members (excludes halogenated alkanes) is 11. The molecule has 0 spiro atoms. The minimum atomic E-state index is -0.859. The highest BCUT2D eigenvalue weighted by Gasteiger charge is 2.52. The molecule has 2 N–H and O–H groups in total. The van der Waals surface area contributed by atoms with E-state index < -0.39 is 49.1 Å². The largest absolute Gasteiger partial charge is 0.371 e. The zero-order valence-electron chi connectivity index (χ0n) is 40.4. The first kappa shape index (κ1) is 51.6. The maximum Gasteiger partial charge on any atom is 0.187 e. The van der Waals surface area contributed by atoms with Crippen LogP contribution >= 0.6 is 0 Å². The molecule has 2 heterocycles. The highest BCUT2D eigenvalue weighted by molar-refractivity contribution is 5.18. The molecular weight excluding hydrogens is 851 g/mol. The highest BCUT2D eigenvalue weighted by Crippen LogP contribution is 2.38. The molecule has 9 atom stereocenters. The van der Waals surface area contributed by atoms with Crippen molar-refractivity contribution in [3.8, 4) is 0 Å². The molecule has 0 bridgehead atoms. The van der Waals surface area contributed by atoms with E-state index in [0.29, 0.717) is 26.4 Å². The van der Waals surface area contributed by atoms with Gasteiger partial charge in [0.2, 0.25) is 0 Å². The fraction of sp³-hybridized carbons (Fsp3) is 0.492. The highest BCUT2D eigenvalue weighted by atomic mass is 16.8. The molecule has 9 nitrogen and oxygen atoms in total. The van der Waals surface area contributed by atoms with Crippen LogP contribution in [0.2, 0.25) is 0 Å². The van der Waals surface area contributed by atoms with E-state index in [1.54, 1.807) is 0 Å². The lowest BCUT2D eigenvalue weighted by Crippen LogP contribution is -2.64. The Bertz CT molecular complexity index is 2030. The normalized spacial score (nSPS) is 21.7. The Hall–Kier alpha value is -4.26. The third kappa shape index (κ3) is 17.0. The number of hydrogen-bond acceptors (Lipinski definition) is 9. The van der Waals surface area contributed by atoms with E-state index >= 15 is 0 Å². The summed E-state index contributed by atoms with van der Waals surface area (Å²) in [5, 5.41) is 0. The van der Waals surface area contributed by atoms with Crippen molar-refractivity contribution in [1.29, 1.82) is 0 Å². The molecule has 0 amide bonds. The quantitative estimate of drug-likeness (QED) is 0.0436. The van der Waals surface area contributed by atoms with Crippen LogP contribution in [0.1, 0.15) is 125 Å². The number of benzene rings is 5. The van der Waals surface area contributed by atoms with Gasteiger partial charge in [0.1, 0.15) is 30.5 Å². The summed E-state index contributed by atoms with van der Waals surface area (Å²) < 4.78 is 54.2. The maximum absolute atomic E-state index is 7.29. The van der Waals surface area contributed by atoms with Gasteiger partial charge in [0.15, 0.2) is 12.6 Å². The van der Waals surface area contributed by atoms with Gasteiger partial charge >= 0.3 is 0 Å². The van der Waals surface area contributed by atoms with Gasteiger partial charge in [-0.15, -0.1) is 0 Å². The molecule has 0 radical (unpaired) electrons. The van der Waals surface area contributed by atoms with E-state index in [9.17, 15) is 0 Å². The van der Waals surface area contributed by atoms with Crippen LogP contribution in [-0.2, 0) is 64.3 Å². The van der Waals surface area contributed by atoms with Gasteiger partial charge in [-0.05, 0) is 28.7 Å². The van der Waals surface area contributed by atoms with Gasteiger partial charge in [0, 0.05) is 5.56 Å². The van der Waals surface area contributed by atoms with Crippen molar-refractivity contribution in [3.05, 3.63) is 179 Å². The second-order valence-corrected chi connectivity index (χ2v) is 18.5. The summed E-state index contributed by atoms with van der Waals surface area (Å²) in [7, 11) is 0. The van der Waals surface area contributed by atoms with Gasteiger partial charge in [-0.3, -0.25) is 0 Å². The standard InChI is InChI=1S/C59H77NO8/c1-2-3-4-5-6-7-8-9-10-11-12-28-39-52(61-40-46-29-18-13-19-30-46)54(62-41-47-31-20-14-21-32-47)51(60)44-65-59-57(64-43-49-35-24-16-25-36-49)56(63-42-48-33-22-15-23-34-48)55-53(67-59)45-66-58(68-55)50-37-26-17-27-38-50/h13-27,29-38,51-59H,2-12,28,39-45,60H2,1H3/t51-,52+,53+,54-,55-,56-,57+,58?,59-/m0/s1. The predicted octanol–water partition coefficient (Wildman–Crippen LogP) is 12.6. The Morgan fingerprint density at radius 1 is 0.500 bits per heavy atom. The molecular formula is C59H77NO8. The molecule has 2 saturated heterocycles. The van der Waals surface area contributed by atoms with Crippen LogP contribution in [0.25, 0.3) is 0 Å². The smallest absolute Gasteiger partial charge is 0.187 e. The molecule has 2 aliphatic rings. The van der Waals surface area contributed by atoms with E-state index in [-0.39, 0.29) is 19.3 Å². The van der Waals surface area contributed by atoms with Crippen molar-refractivity contribution in [2.75, 3.05) is 13.2 Å².